The van der Waals surface area contributed by atoms with Gasteiger partial charge in [0.05, 0.1) is 4.90 Å². The molecule has 1 aliphatic rings. The van der Waals surface area contributed by atoms with Crippen molar-refractivity contribution in [2.45, 2.75) is 23.2 Å². The predicted octanol–water partition coefficient (Wildman–Crippen LogP) is 2.02. The van der Waals surface area contributed by atoms with Crippen LogP contribution < -0.4 is 10.0 Å². The minimum Gasteiger partial charge on any atom is -0.303 e. The average Bonchev–Trinajstić information content (AvgIpc) is 2.91. The number of urea groups is 1. The number of amides is 3. The zero-order chi connectivity index (χ0) is 21.3. The van der Waals surface area contributed by atoms with E-state index in [4.69, 9.17) is 0 Å². The van der Waals surface area contributed by atoms with E-state index in [1.807, 2.05) is 0 Å². The van der Waals surface area contributed by atoms with Crippen molar-refractivity contribution in [3.63, 3.8) is 0 Å². The summed E-state index contributed by atoms with van der Waals surface area (Å²) in [6.45, 7) is -0.348. The van der Waals surface area contributed by atoms with Gasteiger partial charge in [-0.15, -0.1) is 0 Å². The Kier molecular flexibility index (Phi) is 5.37. The van der Waals surface area contributed by atoms with E-state index in [1.165, 1.54) is 28.2 Å². The number of nitrogens with zero attached hydrogens (tertiary/aromatic N) is 1. The largest absolute Gasteiger partial charge is 0.435 e. The van der Waals surface area contributed by atoms with E-state index >= 15 is 0 Å². The molecular formula is C18H16F3N3O4S. The Labute approximate surface area is 164 Å². The van der Waals surface area contributed by atoms with Crippen molar-refractivity contribution in [1.82, 2.24) is 14.9 Å². The SMILES string of the molecule is O=C1N[C@](NS(=O)(=O)c2ccccc2)(C(F)(F)F)C(=O)N1CCc1ccccc1. The molecule has 1 aliphatic heterocycles. The van der Waals surface area contributed by atoms with Crippen molar-refractivity contribution in [2.24, 2.45) is 0 Å². The lowest BCUT2D eigenvalue weighted by molar-refractivity contribution is -0.198. The molecule has 11 heteroatoms. The number of rotatable bonds is 6. The Morgan fingerprint density at radius 3 is 2.07 bits per heavy atom. The summed E-state index contributed by atoms with van der Waals surface area (Å²) in [7, 11) is -4.76. The maximum Gasteiger partial charge on any atom is 0.435 e. The van der Waals surface area contributed by atoms with Gasteiger partial charge in [0.25, 0.3) is 11.6 Å². The molecule has 2 N–H and O–H groups in total. The van der Waals surface area contributed by atoms with Crippen molar-refractivity contribution in [3.8, 4) is 0 Å². The third-order valence-electron chi connectivity index (χ3n) is 4.34. The summed E-state index contributed by atoms with van der Waals surface area (Å²) in [5, 5.41) is 1.49. The molecule has 154 valence electrons. The summed E-state index contributed by atoms with van der Waals surface area (Å²) in [6.07, 6.45) is -5.30. The molecule has 3 amide bonds. The molecule has 1 heterocycles. The number of sulfonamides is 1. The molecule has 2 aromatic carbocycles. The van der Waals surface area contributed by atoms with Crippen molar-refractivity contribution in [1.29, 1.82) is 0 Å². The molecule has 0 bridgehead atoms. The molecule has 1 saturated heterocycles. The molecule has 0 spiro atoms. The van der Waals surface area contributed by atoms with E-state index in [2.05, 4.69) is 0 Å². The number of imide groups is 1. The standard InChI is InChI=1S/C18H16F3N3O4S/c19-18(20,21)17(23-29(27,28)14-9-5-2-6-10-14)15(25)24(16(26)22-17)12-11-13-7-3-1-4-8-13/h1-10,23H,11-12H2,(H,22,26)/t17-/m1/s1. The first-order valence-electron chi connectivity index (χ1n) is 8.41. The second-order valence-electron chi connectivity index (χ2n) is 6.29. The number of alkyl halides is 3. The van der Waals surface area contributed by atoms with Crippen LogP contribution >= 0.6 is 0 Å². The van der Waals surface area contributed by atoms with Gasteiger partial charge in [-0.25, -0.2) is 13.2 Å². The van der Waals surface area contributed by atoms with Crippen LogP contribution in [0.4, 0.5) is 18.0 Å². The third kappa shape index (κ3) is 3.96. The molecule has 0 radical (unpaired) electrons. The fraction of sp³-hybridized carbons (Fsp3) is 0.222. The van der Waals surface area contributed by atoms with Crippen LogP contribution in [0.5, 0.6) is 0 Å². The molecular weight excluding hydrogens is 411 g/mol. The number of nitrogens with one attached hydrogen (secondary N) is 2. The minimum atomic E-state index is -5.41. The van der Waals surface area contributed by atoms with E-state index in [0.29, 0.717) is 10.5 Å². The molecule has 29 heavy (non-hydrogen) atoms. The monoisotopic (exact) mass is 427 g/mol. The van der Waals surface area contributed by atoms with E-state index in [-0.39, 0.29) is 13.0 Å². The van der Waals surface area contributed by atoms with Crippen LogP contribution in [-0.2, 0) is 21.2 Å². The first kappa shape index (κ1) is 20.8. The molecule has 3 rings (SSSR count). The quantitative estimate of drug-likeness (QED) is 0.690. The van der Waals surface area contributed by atoms with Crippen molar-refractivity contribution < 1.29 is 31.2 Å². The first-order valence-corrected chi connectivity index (χ1v) is 9.89. The molecule has 0 unspecified atom stereocenters. The molecule has 1 atom stereocenters. The normalized spacial score (nSPS) is 20.0. The Balaban J connectivity index is 1.90. The van der Waals surface area contributed by atoms with Gasteiger partial charge in [-0.05, 0) is 24.1 Å². The molecule has 0 saturated carbocycles. The Bertz CT molecular complexity index is 1010. The van der Waals surface area contributed by atoms with Crippen molar-refractivity contribution >= 4 is 22.0 Å². The predicted molar refractivity (Wildman–Crippen MR) is 95.9 cm³/mol. The molecule has 2 aromatic rings. The van der Waals surface area contributed by atoms with Gasteiger partial charge in [0.1, 0.15) is 0 Å². The number of carbonyl (C=O) groups excluding carboxylic acids is 2. The van der Waals surface area contributed by atoms with Gasteiger partial charge in [0.15, 0.2) is 0 Å². The van der Waals surface area contributed by atoms with Gasteiger partial charge in [0, 0.05) is 6.54 Å². The summed E-state index contributed by atoms with van der Waals surface area (Å²) in [6, 6.07) is 13.4. The maximum atomic E-state index is 13.8. The average molecular weight is 427 g/mol. The van der Waals surface area contributed by atoms with Gasteiger partial charge in [-0.3, -0.25) is 9.69 Å². The zero-order valence-corrected chi connectivity index (χ0v) is 15.6. The van der Waals surface area contributed by atoms with Crippen LogP contribution in [0.2, 0.25) is 0 Å². The number of benzene rings is 2. The lowest BCUT2D eigenvalue weighted by Gasteiger charge is -2.29. The van der Waals surface area contributed by atoms with Gasteiger partial charge >= 0.3 is 12.2 Å². The van der Waals surface area contributed by atoms with Crippen LogP contribution in [0.15, 0.2) is 65.6 Å². The van der Waals surface area contributed by atoms with E-state index in [1.54, 1.807) is 30.3 Å². The van der Waals surface area contributed by atoms with Crippen molar-refractivity contribution in [3.05, 3.63) is 66.2 Å². The van der Waals surface area contributed by atoms with Gasteiger partial charge in [-0.1, -0.05) is 48.5 Å². The van der Waals surface area contributed by atoms with Crippen LogP contribution in [0.3, 0.4) is 0 Å². The van der Waals surface area contributed by atoms with Gasteiger partial charge in [0.2, 0.25) is 10.0 Å². The molecule has 1 fully saturated rings. The highest BCUT2D eigenvalue weighted by atomic mass is 32.2. The summed E-state index contributed by atoms with van der Waals surface area (Å²) in [4.78, 5) is 24.6. The van der Waals surface area contributed by atoms with Crippen LogP contribution in [-0.4, -0.2) is 43.6 Å². The van der Waals surface area contributed by atoms with Crippen LogP contribution in [0, 0.1) is 0 Å². The Hall–Kier alpha value is -2.92. The second-order valence-corrected chi connectivity index (χ2v) is 7.97. The maximum absolute atomic E-state index is 13.8. The highest BCUT2D eigenvalue weighted by Gasteiger charge is 2.69. The zero-order valence-electron chi connectivity index (χ0n) is 14.8. The summed E-state index contributed by atoms with van der Waals surface area (Å²) >= 11 is 0. The van der Waals surface area contributed by atoms with Crippen molar-refractivity contribution in [2.75, 3.05) is 6.54 Å². The van der Waals surface area contributed by atoms with E-state index in [9.17, 15) is 31.2 Å². The number of halogens is 3. The number of hydrogen-bond donors (Lipinski definition) is 2. The summed E-state index contributed by atoms with van der Waals surface area (Å²) < 4.78 is 67.7. The summed E-state index contributed by atoms with van der Waals surface area (Å²) in [5.74, 6) is -1.73. The van der Waals surface area contributed by atoms with E-state index in [0.717, 1.165) is 12.1 Å². The fourth-order valence-corrected chi connectivity index (χ4v) is 4.13. The van der Waals surface area contributed by atoms with Gasteiger partial charge in [-0.2, -0.15) is 17.9 Å². The first-order chi connectivity index (χ1) is 13.6. The number of hydrogen-bond acceptors (Lipinski definition) is 4. The third-order valence-corrected chi connectivity index (χ3v) is 5.81. The molecule has 7 nitrogen and oxygen atoms in total. The lowest BCUT2D eigenvalue weighted by atomic mass is 10.1. The Morgan fingerprint density at radius 1 is 0.966 bits per heavy atom. The Morgan fingerprint density at radius 2 is 1.52 bits per heavy atom. The number of carbonyl (C=O) groups is 2. The fourth-order valence-electron chi connectivity index (χ4n) is 2.84. The van der Waals surface area contributed by atoms with Crippen LogP contribution in [0.1, 0.15) is 5.56 Å². The molecule has 0 aromatic heterocycles. The minimum absolute atomic E-state index is 0.110. The summed E-state index contributed by atoms with van der Waals surface area (Å²) in [5.41, 5.74) is -3.09. The van der Waals surface area contributed by atoms with E-state index < -0.39 is 38.7 Å². The van der Waals surface area contributed by atoms with Crippen LogP contribution in [0.25, 0.3) is 0 Å². The topological polar surface area (TPSA) is 95.6 Å². The lowest BCUT2D eigenvalue weighted by Crippen LogP contribution is -2.69. The second kappa shape index (κ2) is 7.48. The highest BCUT2D eigenvalue weighted by Crippen LogP contribution is 2.35. The smallest absolute Gasteiger partial charge is 0.303 e. The highest BCUT2D eigenvalue weighted by molar-refractivity contribution is 7.89. The molecule has 0 aliphatic carbocycles. The van der Waals surface area contributed by atoms with Gasteiger partial charge < -0.3 is 5.32 Å².